The van der Waals surface area contributed by atoms with Gasteiger partial charge in [0.25, 0.3) is 0 Å². The Morgan fingerprint density at radius 1 is 0.554 bits per heavy atom. The van der Waals surface area contributed by atoms with Crippen molar-refractivity contribution in [1.29, 1.82) is 0 Å². The molecule has 0 heterocycles. The van der Waals surface area contributed by atoms with Gasteiger partial charge in [0.05, 0.1) is 12.6 Å². The SMILES string of the molecule is CC(C)[C@H](NC(=O)[C@@H](N)Cc1ccc(O)cc1)C(=O)N[C@@H](CCC(N)=O)C(=O)N[C@@H](CCCCN)C(=O)NCC(=O)N[C@@H](CCC(=O)O)C(=O)N[C@@H](Cc1ccc(O)cc1)C(=O)N[C@@H](CCCN=C(N)N)C(=O)O. The minimum atomic E-state index is -1.63. The number of hydrogen-bond acceptors (Lipinski definition) is 15. The molecule has 0 bridgehead atoms. The number of carboxylic acid groups (broad SMARTS) is 2. The lowest BCUT2D eigenvalue weighted by atomic mass is 10.00. The van der Waals surface area contributed by atoms with E-state index in [-0.39, 0.29) is 81.9 Å². The standard InChI is InChI=1S/C47H71N13O14/c1-25(2)39(60-40(67)30(49)22-26-8-12-28(61)13-9-26)45(72)57-33(16-18-36(50)63)43(70)56-31(6-3-4-20-48)41(68)54-24-37(64)55-32(17-19-38(65)66)42(69)59-35(23-27-10-14-29(62)15-11-27)44(71)58-34(46(73)74)7-5-21-53-47(51)52/h8-15,25,30-35,39,61-62H,3-7,16-24,48-49H2,1-2H3,(H2,50,63)(H,54,68)(H,55,64)(H,56,70)(H,57,72)(H,58,71)(H,59,69)(H,60,67)(H,65,66)(H,73,74)(H4,51,52,53)/t30-,31-,32-,33-,34-,35-,39-/m0/s1. The number of carbonyl (C=O) groups excluding carboxylic acids is 8. The molecule has 0 radical (unpaired) electrons. The smallest absolute Gasteiger partial charge is 0.326 e. The average Bonchev–Trinajstić information content (AvgIpc) is 3.33. The fraction of sp³-hybridized carbons (Fsp3) is 0.511. The molecule has 8 amide bonds. The second-order valence-corrected chi connectivity index (χ2v) is 17.7. The minimum absolute atomic E-state index is 0.0132. The van der Waals surface area contributed by atoms with Gasteiger partial charge in [-0.1, -0.05) is 38.1 Å². The largest absolute Gasteiger partial charge is 0.508 e. The fourth-order valence-electron chi connectivity index (χ4n) is 7.08. The molecule has 0 saturated heterocycles. The Morgan fingerprint density at radius 3 is 1.57 bits per heavy atom. The summed E-state index contributed by atoms with van der Waals surface area (Å²) in [6, 6.07) is 1.68. The second-order valence-electron chi connectivity index (χ2n) is 17.7. The van der Waals surface area contributed by atoms with Crippen LogP contribution in [0.4, 0.5) is 0 Å². The van der Waals surface area contributed by atoms with Crippen LogP contribution in [0.15, 0.2) is 53.5 Å². The van der Waals surface area contributed by atoms with Crippen molar-refractivity contribution >= 4 is 65.2 Å². The third-order valence-corrected chi connectivity index (χ3v) is 11.2. The van der Waals surface area contributed by atoms with Gasteiger partial charge in [-0.25, -0.2) is 4.79 Å². The van der Waals surface area contributed by atoms with E-state index in [9.17, 15) is 68.4 Å². The number of carbonyl (C=O) groups is 10. The van der Waals surface area contributed by atoms with Crippen molar-refractivity contribution in [2.45, 2.75) is 127 Å². The number of phenols is 2. The highest BCUT2D eigenvalue weighted by atomic mass is 16.4. The number of unbranched alkanes of at least 4 members (excludes halogenated alkanes) is 1. The second kappa shape index (κ2) is 32.1. The summed E-state index contributed by atoms with van der Waals surface area (Å²) in [5.41, 5.74) is 28.8. The van der Waals surface area contributed by atoms with Gasteiger partial charge in [-0.2, -0.15) is 0 Å². The number of aliphatic imine (C=N–C) groups is 1. The Balaban J connectivity index is 2.28. The number of aromatic hydroxyl groups is 2. The normalized spacial score (nSPS) is 13.7. The van der Waals surface area contributed by atoms with Crippen LogP contribution < -0.4 is 65.9 Å². The first kappa shape index (κ1) is 62.0. The quantitative estimate of drug-likeness (QED) is 0.0182. The van der Waals surface area contributed by atoms with Crippen molar-refractivity contribution < 1.29 is 68.4 Å². The van der Waals surface area contributed by atoms with Crippen LogP contribution in [0.3, 0.4) is 0 Å². The molecule has 2 aromatic carbocycles. The van der Waals surface area contributed by atoms with Crippen LogP contribution in [0.25, 0.3) is 0 Å². The van der Waals surface area contributed by atoms with Crippen LogP contribution in [0.2, 0.25) is 0 Å². The molecule has 7 atom stereocenters. The number of guanidine groups is 1. The van der Waals surface area contributed by atoms with Gasteiger partial charge in [0.1, 0.15) is 47.8 Å². The summed E-state index contributed by atoms with van der Waals surface area (Å²) >= 11 is 0. The van der Waals surface area contributed by atoms with E-state index in [1.807, 2.05) is 0 Å². The number of primary amides is 1. The van der Waals surface area contributed by atoms with Crippen LogP contribution in [0.1, 0.15) is 82.8 Å². The molecule has 0 unspecified atom stereocenters. The van der Waals surface area contributed by atoms with Gasteiger partial charge >= 0.3 is 11.9 Å². The number of benzene rings is 2. The first-order valence-electron chi connectivity index (χ1n) is 23.8. The molecule has 0 saturated carbocycles. The Kier molecular flexibility index (Phi) is 26.9. The lowest BCUT2D eigenvalue weighted by Crippen LogP contribution is -2.59. The van der Waals surface area contributed by atoms with E-state index in [0.29, 0.717) is 17.5 Å². The Hall–Kier alpha value is -8.07. The zero-order valence-corrected chi connectivity index (χ0v) is 41.3. The van der Waals surface area contributed by atoms with Gasteiger partial charge in [-0.05, 0) is 99.2 Å². The van der Waals surface area contributed by atoms with E-state index in [2.05, 4.69) is 42.2 Å². The summed E-state index contributed by atoms with van der Waals surface area (Å²) in [5, 5.41) is 55.8. The first-order valence-corrected chi connectivity index (χ1v) is 23.8. The van der Waals surface area contributed by atoms with Crippen molar-refractivity contribution in [2.24, 2.45) is 39.6 Å². The summed E-state index contributed by atoms with van der Waals surface area (Å²) in [4.78, 5) is 134. The molecule has 0 aliphatic rings. The molecule has 27 nitrogen and oxygen atoms in total. The van der Waals surface area contributed by atoms with Crippen molar-refractivity contribution in [3.8, 4) is 11.5 Å². The highest BCUT2D eigenvalue weighted by Crippen LogP contribution is 2.14. The van der Waals surface area contributed by atoms with Crippen LogP contribution in [0.5, 0.6) is 11.5 Å². The maximum Gasteiger partial charge on any atom is 0.326 e. The Morgan fingerprint density at radius 2 is 1.04 bits per heavy atom. The highest BCUT2D eigenvalue weighted by Gasteiger charge is 2.34. The van der Waals surface area contributed by atoms with E-state index >= 15 is 0 Å². The number of phenolic OH excluding ortho intramolecular Hbond substituents is 2. The van der Waals surface area contributed by atoms with E-state index in [0.717, 1.165) is 0 Å². The van der Waals surface area contributed by atoms with Crippen LogP contribution in [-0.4, -0.2) is 148 Å². The van der Waals surface area contributed by atoms with E-state index in [1.165, 1.54) is 36.4 Å². The average molecular weight is 1040 g/mol. The molecule has 2 aromatic rings. The molecule has 0 fully saturated rings. The summed E-state index contributed by atoms with van der Waals surface area (Å²) < 4.78 is 0. The predicted octanol–water partition coefficient (Wildman–Crippen LogP) is -3.71. The van der Waals surface area contributed by atoms with E-state index in [1.54, 1.807) is 26.0 Å². The molecule has 21 N–H and O–H groups in total. The van der Waals surface area contributed by atoms with Gasteiger partial charge in [-0.3, -0.25) is 48.1 Å². The van der Waals surface area contributed by atoms with Crippen LogP contribution in [-0.2, 0) is 60.8 Å². The zero-order chi connectivity index (χ0) is 55.5. The lowest BCUT2D eigenvalue weighted by molar-refractivity contribution is -0.142. The number of hydrogen-bond donors (Lipinski definition) is 16. The van der Waals surface area contributed by atoms with Gasteiger partial charge < -0.3 is 86.3 Å². The number of nitrogens with zero attached hydrogens (tertiary/aromatic N) is 1. The van der Waals surface area contributed by atoms with Gasteiger partial charge in [-0.15, -0.1) is 0 Å². The Bertz CT molecular complexity index is 2260. The Labute approximate surface area is 426 Å². The van der Waals surface area contributed by atoms with E-state index in [4.69, 9.17) is 28.7 Å². The maximum atomic E-state index is 13.9. The minimum Gasteiger partial charge on any atom is -0.508 e. The summed E-state index contributed by atoms with van der Waals surface area (Å²) in [5.74, 6) is -10.9. The third-order valence-electron chi connectivity index (χ3n) is 11.2. The number of rotatable bonds is 34. The zero-order valence-electron chi connectivity index (χ0n) is 41.3. The van der Waals surface area contributed by atoms with Crippen LogP contribution >= 0.6 is 0 Å². The lowest BCUT2D eigenvalue weighted by Gasteiger charge is -2.27. The number of amides is 8. The molecule has 0 aliphatic heterocycles. The molecule has 2 rings (SSSR count). The highest BCUT2D eigenvalue weighted by molar-refractivity contribution is 5.97. The molecule has 74 heavy (non-hydrogen) atoms. The molecule has 0 aromatic heterocycles. The molecule has 0 aliphatic carbocycles. The van der Waals surface area contributed by atoms with Gasteiger partial charge in [0.2, 0.25) is 47.3 Å². The topological polar surface area (TPSA) is 478 Å². The number of carboxylic acids is 2. The van der Waals surface area contributed by atoms with Crippen molar-refractivity contribution in [3.05, 3.63) is 59.7 Å². The van der Waals surface area contributed by atoms with Crippen LogP contribution in [0, 0.1) is 5.92 Å². The van der Waals surface area contributed by atoms with Crippen molar-refractivity contribution in [1.82, 2.24) is 37.2 Å². The third kappa shape index (κ3) is 23.9. The summed E-state index contributed by atoms with van der Waals surface area (Å²) in [6.45, 7) is 2.68. The van der Waals surface area contributed by atoms with Crippen molar-refractivity contribution in [2.75, 3.05) is 19.6 Å². The maximum absolute atomic E-state index is 13.9. The van der Waals surface area contributed by atoms with E-state index < -0.39 is 127 Å². The number of nitrogens with one attached hydrogen (secondary N) is 7. The first-order chi connectivity index (χ1) is 34.9. The summed E-state index contributed by atoms with van der Waals surface area (Å²) in [6.07, 6.45) is -1.42. The number of nitrogens with two attached hydrogens (primary N) is 5. The fourth-order valence-corrected chi connectivity index (χ4v) is 7.08. The molecule has 27 heteroatoms. The monoisotopic (exact) mass is 1040 g/mol. The molecular formula is C47H71N13O14. The molecule has 0 spiro atoms. The van der Waals surface area contributed by atoms with Gasteiger partial charge in [0.15, 0.2) is 5.96 Å². The summed E-state index contributed by atoms with van der Waals surface area (Å²) in [7, 11) is 0. The number of aliphatic carboxylic acids is 2. The molecular weight excluding hydrogens is 971 g/mol. The van der Waals surface area contributed by atoms with Crippen molar-refractivity contribution in [3.63, 3.8) is 0 Å². The van der Waals surface area contributed by atoms with Gasteiger partial charge in [0, 0.05) is 25.8 Å². The molecule has 408 valence electrons. The predicted molar refractivity (Wildman–Crippen MR) is 267 cm³/mol.